The van der Waals surface area contributed by atoms with Crippen molar-refractivity contribution in [1.82, 2.24) is 0 Å². The number of hydrogen-bond donors (Lipinski definition) is 3. The fourth-order valence-corrected chi connectivity index (χ4v) is 4.55. The van der Waals surface area contributed by atoms with Gasteiger partial charge in [-0.05, 0) is 48.6 Å². The molecule has 2 aromatic carbocycles. The number of halogens is 4. The van der Waals surface area contributed by atoms with Gasteiger partial charge in [0.1, 0.15) is 5.75 Å². The third-order valence-corrected chi connectivity index (χ3v) is 6.28. The molecule has 164 valence electrons. The van der Waals surface area contributed by atoms with E-state index in [0.717, 1.165) is 6.26 Å². The number of alkyl halides is 3. The van der Waals surface area contributed by atoms with Gasteiger partial charge in [0.05, 0.1) is 22.7 Å². The predicted molar refractivity (Wildman–Crippen MR) is 111 cm³/mol. The molecule has 4 rings (SSSR count). The SMILES string of the molecule is CC[C@H]1C[C@](O)(C(F)(F)F)[C@@H](Nc2cccc3c(=O)occc23)c2ccc(Cl)c(O)c21. The van der Waals surface area contributed by atoms with Crippen molar-refractivity contribution in [2.45, 2.75) is 43.5 Å². The highest BCUT2D eigenvalue weighted by atomic mass is 35.5. The van der Waals surface area contributed by atoms with Crippen molar-refractivity contribution >= 4 is 28.1 Å². The molecule has 0 saturated carbocycles. The van der Waals surface area contributed by atoms with Crippen molar-refractivity contribution < 1.29 is 27.8 Å². The molecule has 0 aliphatic heterocycles. The van der Waals surface area contributed by atoms with Gasteiger partial charge in [-0.3, -0.25) is 0 Å². The van der Waals surface area contributed by atoms with Crippen LogP contribution in [0.5, 0.6) is 5.75 Å². The summed E-state index contributed by atoms with van der Waals surface area (Å²) in [6.07, 6.45) is -4.20. The van der Waals surface area contributed by atoms with Crippen LogP contribution in [0, 0.1) is 0 Å². The molecule has 1 heterocycles. The molecule has 3 aromatic rings. The highest BCUT2D eigenvalue weighted by molar-refractivity contribution is 6.32. The summed E-state index contributed by atoms with van der Waals surface area (Å²) in [4.78, 5) is 12.0. The molecule has 3 N–H and O–H groups in total. The van der Waals surface area contributed by atoms with Gasteiger partial charge in [0.25, 0.3) is 0 Å². The highest BCUT2D eigenvalue weighted by Crippen LogP contribution is 2.56. The largest absolute Gasteiger partial charge is 0.506 e. The Morgan fingerprint density at radius 1 is 1.23 bits per heavy atom. The van der Waals surface area contributed by atoms with Gasteiger partial charge in [-0.15, -0.1) is 0 Å². The lowest BCUT2D eigenvalue weighted by molar-refractivity contribution is -0.272. The maximum absolute atomic E-state index is 14.2. The summed E-state index contributed by atoms with van der Waals surface area (Å²) in [6.45, 7) is 1.68. The van der Waals surface area contributed by atoms with Crippen LogP contribution in [0.3, 0.4) is 0 Å². The molecule has 1 aliphatic rings. The minimum atomic E-state index is -4.96. The van der Waals surface area contributed by atoms with E-state index in [4.69, 9.17) is 16.0 Å². The fourth-order valence-electron chi connectivity index (χ4n) is 4.39. The first-order chi connectivity index (χ1) is 14.6. The van der Waals surface area contributed by atoms with E-state index in [9.17, 15) is 28.2 Å². The van der Waals surface area contributed by atoms with Gasteiger partial charge in [-0.2, -0.15) is 13.2 Å². The van der Waals surface area contributed by atoms with Crippen LogP contribution in [-0.4, -0.2) is 22.0 Å². The van der Waals surface area contributed by atoms with Crippen molar-refractivity contribution in [3.63, 3.8) is 0 Å². The third-order valence-electron chi connectivity index (χ3n) is 5.98. The molecule has 0 saturated heterocycles. The summed E-state index contributed by atoms with van der Waals surface area (Å²) in [5.41, 5.74) is -3.16. The van der Waals surface area contributed by atoms with Gasteiger partial charge >= 0.3 is 11.8 Å². The Hall–Kier alpha value is -2.71. The maximum Gasteiger partial charge on any atom is 0.419 e. The van der Waals surface area contributed by atoms with Gasteiger partial charge in [0, 0.05) is 16.6 Å². The minimum Gasteiger partial charge on any atom is -0.506 e. The summed E-state index contributed by atoms with van der Waals surface area (Å²) < 4.78 is 47.4. The van der Waals surface area contributed by atoms with Crippen LogP contribution in [0.4, 0.5) is 18.9 Å². The van der Waals surface area contributed by atoms with E-state index in [1.807, 2.05) is 0 Å². The van der Waals surface area contributed by atoms with Crippen LogP contribution >= 0.6 is 11.6 Å². The van der Waals surface area contributed by atoms with Gasteiger partial charge in [0.15, 0.2) is 5.60 Å². The number of aliphatic hydroxyl groups is 1. The monoisotopic (exact) mass is 453 g/mol. The average molecular weight is 454 g/mol. The fraction of sp³-hybridized carbons (Fsp3) is 0.318. The van der Waals surface area contributed by atoms with E-state index in [1.165, 1.54) is 36.4 Å². The first-order valence-corrected chi connectivity index (χ1v) is 10.0. The Balaban J connectivity index is 1.95. The van der Waals surface area contributed by atoms with Crippen LogP contribution < -0.4 is 10.9 Å². The molecule has 0 fully saturated rings. The quantitative estimate of drug-likeness (QED) is 0.488. The van der Waals surface area contributed by atoms with Crippen LogP contribution in [0.1, 0.15) is 42.9 Å². The summed E-state index contributed by atoms with van der Waals surface area (Å²) >= 11 is 6.03. The molecule has 3 atom stereocenters. The van der Waals surface area contributed by atoms with E-state index in [2.05, 4.69) is 5.32 Å². The van der Waals surface area contributed by atoms with Crippen molar-refractivity contribution in [2.75, 3.05) is 5.32 Å². The van der Waals surface area contributed by atoms with Crippen molar-refractivity contribution in [1.29, 1.82) is 0 Å². The molecule has 0 bridgehead atoms. The van der Waals surface area contributed by atoms with Crippen molar-refractivity contribution in [2.24, 2.45) is 0 Å². The molecule has 0 unspecified atom stereocenters. The third kappa shape index (κ3) is 3.34. The molecule has 1 aromatic heterocycles. The van der Waals surface area contributed by atoms with Gasteiger partial charge in [-0.1, -0.05) is 30.7 Å². The van der Waals surface area contributed by atoms with E-state index in [-0.39, 0.29) is 39.4 Å². The molecule has 0 radical (unpaired) electrons. The van der Waals surface area contributed by atoms with E-state index < -0.39 is 35.8 Å². The van der Waals surface area contributed by atoms with Gasteiger partial charge < -0.3 is 19.9 Å². The maximum atomic E-state index is 14.2. The zero-order valence-electron chi connectivity index (χ0n) is 16.3. The second-order valence-electron chi connectivity index (χ2n) is 7.68. The van der Waals surface area contributed by atoms with Gasteiger partial charge in [0.2, 0.25) is 0 Å². The second-order valence-corrected chi connectivity index (χ2v) is 8.09. The Labute approximate surface area is 180 Å². The minimum absolute atomic E-state index is 0.0242. The predicted octanol–water partition coefficient (Wildman–Crippen LogP) is 5.50. The van der Waals surface area contributed by atoms with E-state index in [0.29, 0.717) is 5.39 Å². The number of anilines is 1. The van der Waals surface area contributed by atoms with Crippen LogP contribution in [-0.2, 0) is 0 Å². The Bertz CT molecular complexity index is 1210. The lowest BCUT2D eigenvalue weighted by atomic mass is 9.69. The molecule has 5 nitrogen and oxygen atoms in total. The summed E-state index contributed by atoms with van der Waals surface area (Å²) in [5.74, 6) is -1.04. The molecular weight excluding hydrogens is 435 g/mol. The Kier molecular flexibility index (Phi) is 5.18. The number of hydrogen-bond acceptors (Lipinski definition) is 5. The zero-order chi connectivity index (χ0) is 22.6. The van der Waals surface area contributed by atoms with Crippen molar-refractivity contribution in [3.05, 3.63) is 69.2 Å². The van der Waals surface area contributed by atoms with Crippen LogP contribution in [0.25, 0.3) is 10.8 Å². The molecule has 0 spiro atoms. The average Bonchev–Trinajstić information content (AvgIpc) is 2.72. The Morgan fingerprint density at radius 3 is 2.65 bits per heavy atom. The number of rotatable bonds is 3. The zero-order valence-corrected chi connectivity index (χ0v) is 17.1. The first-order valence-electron chi connectivity index (χ1n) is 9.66. The summed E-state index contributed by atoms with van der Waals surface area (Å²) in [6, 6.07) is 7.02. The summed E-state index contributed by atoms with van der Waals surface area (Å²) in [7, 11) is 0. The number of phenolic OH excluding ortho intramolecular Hbond substituents is 1. The number of nitrogens with one attached hydrogen (secondary N) is 1. The number of fused-ring (bicyclic) bond motifs is 2. The van der Waals surface area contributed by atoms with E-state index >= 15 is 0 Å². The van der Waals surface area contributed by atoms with Gasteiger partial charge in [-0.25, -0.2) is 4.79 Å². The molecule has 1 aliphatic carbocycles. The molecule has 31 heavy (non-hydrogen) atoms. The topological polar surface area (TPSA) is 82.7 Å². The lowest BCUT2D eigenvalue weighted by Gasteiger charge is -2.46. The first kappa shape index (κ1) is 21.5. The smallest absolute Gasteiger partial charge is 0.419 e. The van der Waals surface area contributed by atoms with Crippen LogP contribution in [0.15, 0.2) is 51.9 Å². The second kappa shape index (κ2) is 7.46. The number of phenols is 1. The number of aromatic hydroxyl groups is 1. The van der Waals surface area contributed by atoms with E-state index in [1.54, 1.807) is 6.92 Å². The van der Waals surface area contributed by atoms with Crippen molar-refractivity contribution in [3.8, 4) is 5.75 Å². The Morgan fingerprint density at radius 2 is 1.97 bits per heavy atom. The summed E-state index contributed by atoms with van der Waals surface area (Å²) in [5, 5.41) is 24.9. The molecule has 9 heteroatoms. The molecular formula is C22H19ClF3NO4. The molecule has 0 amide bonds. The number of benzene rings is 2. The highest BCUT2D eigenvalue weighted by Gasteiger charge is 2.62. The normalized spacial score (nSPS) is 23.5. The standard InChI is InChI=1S/C22H19ClF3NO4/c1-2-11-10-21(30,22(24,25)26)19(14-6-7-15(23)18(28)17(11)14)27-16-5-3-4-13-12(16)8-9-31-20(13)29/h3-9,11,19,27-28,30H,2,10H2,1H3/t11-,19-,21+/m0/s1. The van der Waals surface area contributed by atoms with Crippen LogP contribution in [0.2, 0.25) is 5.02 Å². The lowest BCUT2D eigenvalue weighted by Crippen LogP contribution is -2.55.